The molecule has 0 saturated carbocycles. The van der Waals surface area contributed by atoms with Gasteiger partial charge in [0.1, 0.15) is 24.3 Å². The zero-order chi connectivity index (χ0) is 30.5. The molecule has 0 amide bonds. The zero-order valence-electron chi connectivity index (χ0n) is 22.8. The van der Waals surface area contributed by atoms with Crippen molar-refractivity contribution in [3.8, 4) is 29.3 Å². The molecule has 0 unspecified atom stereocenters. The van der Waals surface area contributed by atoms with Gasteiger partial charge in [0, 0.05) is 37.3 Å². The third-order valence-electron chi connectivity index (χ3n) is 6.84. The van der Waals surface area contributed by atoms with Crippen LogP contribution in [0.15, 0.2) is 66.7 Å². The van der Waals surface area contributed by atoms with Gasteiger partial charge >= 0.3 is 5.97 Å². The summed E-state index contributed by atoms with van der Waals surface area (Å²) in [5, 5.41) is 28.3. The fourth-order valence-electron chi connectivity index (χ4n) is 4.66. The molecule has 0 spiro atoms. The molecule has 9 nitrogen and oxygen atoms in total. The standard InChI is InChI=1S/C32H23F2N5O4/c1-42-12-11-39-28-14-21(32(40)41)8-10-27(28)37-29(39)15-20-7-9-23(31(34)24(20)17-36)26-3-2-4-30(38-26)43-18-22-6-5-19(16-35)13-25(22)33/h2-10,13-14H,11-12,15,18H2,1H3,(H,40,41). The van der Waals surface area contributed by atoms with Crippen molar-refractivity contribution >= 4 is 17.0 Å². The molecule has 0 aliphatic carbocycles. The molecule has 0 aliphatic heterocycles. The summed E-state index contributed by atoms with van der Waals surface area (Å²) in [4.78, 5) is 20.5. The van der Waals surface area contributed by atoms with Gasteiger partial charge < -0.3 is 19.1 Å². The number of benzene rings is 3. The first-order chi connectivity index (χ1) is 20.8. The maximum absolute atomic E-state index is 15.8. The summed E-state index contributed by atoms with van der Waals surface area (Å²) in [6, 6.07) is 20.3. The minimum absolute atomic E-state index is 0.0780. The van der Waals surface area contributed by atoms with Gasteiger partial charge in [0.05, 0.1) is 46.1 Å². The molecule has 0 aliphatic rings. The largest absolute Gasteiger partial charge is 0.478 e. The van der Waals surface area contributed by atoms with E-state index in [9.17, 15) is 19.6 Å². The quantitative estimate of drug-likeness (QED) is 0.225. The molecule has 1 N–H and O–H groups in total. The lowest BCUT2D eigenvalue weighted by atomic mass is 9.99. The lowest BCUT2D eigenvalue weighted by Crippen LogP contribution is -2.10. The summed E-state index contributed by atoms with van der Waals surface area (Å²) < 4.78 is 42.7. The number of ether oxygens (including phenoxy) is 2. The number of hydrogen-bond acceptors (Lipinski definition) is 7. The second-order valence-corrected chi connectivity index (χ2v) is 9.50. The smallest absolute Gasteiger partial charge is 0.335 e. The second-order valence-electron chi connectivity index (χ2n) is 9.50. The summed E-state index contributed by atoms with van der Waals surface area (Å²) in [7, 11) is 1.54. The average molecular weight is 580 g/mol. The van der Waals surface area contributed by atoms with Gasteiger partial charge in [-0.2, -0.15) is 10.5 Å². The number of carboxylic acid groups (broad SMARTS) is 1. The summed E-state index contributed by atoms with van der Waals surface area (Å²) in [5.41, 5.74) is 2.17. The fourth-order valence-corrected chi connectivity index (χ4v) is 4.66. The van der Waals surface area contributed by atoms with Crippen molar-refractivity contribution in [3.05, 3.63) is 112 Å². The molecule has 214 valence electrons. The average Bonchev–Trinajstić information content (AvgIpc) is 3.35. The SMILES string of the molecule is COCCn1c(Cc2ccc(-c3cccc(OCc4ccc(C#N)cc4F)n3)c(F)c2C#N)nc2ccc(C(=O)O)cc21. The number of halogens is 2. The molecule has 0 radical (unpaired) electrons. The number of fused-ring (bicyclic) bond motifs is 1. The number of nitrogens with zero attached hydrogens (tertiary/aromatic N) is 5. The molecule has 0 bridgehead atoms. The lowest BCUT2D eigenvalue weighted by molar-refractivity contribution is 0.0697. The van der Waals surface area contributed by atoms with E-state index in [1.807, 2.05) is 12.1 Å². The van der Waals surface area contributed by atoms with Gasteiger partial charge in [0.2, 0.25) is 5.88 Å². The van der Waals surface area contributed by atoms with Gasteiger partial charge in [0.25, 0.3) is 0 Å². The number of aromatic nitrogens is 3. The maximum atomic E-state index is 15.8. The monoisotopic (exact) mass is 579 g/mol. The van der Waals surface area contributed by atoms with E-state index in [-0.39, 0.29) is 52.4 Å². The molecule has 43 heavy (non-hydrogen) atoms. The highest BCUT2D eigenvalue weighted by molar-refractivity contribution is 5.92. The third kappa shape index (κ3) is 6.03. The predicted octanol–water partition coefficient (Wildman–Crippen LogP) is 5.63. The second kappa shape index (κ2) is 12.5. The molecular formula is C32H23F2N5O4. The van der Waals surface area contributed by atoms with Crippen LogP contribution in [-0.2, 0) is 24.3 Å². The maximum Gasteiger partial charge on any atom is 0.335 e. The molecule has 2 aromatic heterocycles. The third-order valence-corrected chi connectivity index (χ3v) is 6.84. The van der Waals surface area contributed by atoms with Crippen LogP contribution in [0.25, 0.3) is 22.3 Å². The lowest BCUT2D eigenvalue weighted by Gasteiger charge is -2.12. The number of carboxylic acids is 1. The van der Waals surface area contributed by atoms with Crippen molar-refractivity contribution in [2.24, 2.45) is 0 Å². The number of hydrogen-bond donors (Lipinski definition) is 1. The Morgan fingerprint density at radius 1 is 1.00 bits per heavy atom. The molecule has 0 atom stereocenters. The Hall–Kier alpha value is -5.65. The van der Waals surface area contributed by atoms with Gasteiger partial charge in [0.15, 0.2) is 5.82 Å². The van der Waals surface area contributed by atoms with Crippen LogP contribution < -0.4 is 4.74 Å². The van der Waals surface area contributed by atoms with Crippen molar-refractivity contribution in [1.29, 1.82) is 10.5 Å². The van der Waals surface area contributed by atoms with Gasteiger partial charge in [-0.05, 0) is 48.0 Å². The Kier molecular flexibility index (Phi) is 8.37. The number of aromatic carboxylic acids is 1. The van der Waals surface area contributed by atoms with Crippen molar-refractivity contribution in [1.82, 2.24) is 14.5 Å². The first-order valence-corrected chi connectivity index (χ1v) is 13.0. The topological polar surface area (TPSA) is 134 Å². The molecule has 3 aromatic carbocycles. The number of carbonyl (C=O) groups is 1. The molecule has 5 rings (SSSR count). The van der Waals surface area contributed by atoms with Crippen LogP contribution in [-0.4, -0.2) is 39.3 Å². The van der Waals surface area contributed by atoms with E-state index in [0.29, 0.717) is 35.6 Å². The van der Waals surface area contributed by atoms with Crippen molar-refractivity contribution in [3.63, 3.8) is 0 Å². The van der Waals surface area contributed by atoms with E-state index < -0.39 is 17.6 Å². The minimum atomic E-state index is -1.07. The van der Waals surface area contributed by atoms with Crippen LogP contribution in [0, 0.1) is 34.3 Å². The van der Waals surface area contributed by atoms with Crippen LogP contribution in [0.5, 0.6) is 5.88 Å². The van der Waals surface area contributed by atoms with Crippen LogP contribution in [0.3, 0.4) is 0 Å². The highest BCUT2D eigenvalue weighted by Crippen LogP contribution is 2.29. The van der Waals surface area contributed by atoms with Crippen molar-refractivity contribution in [2.45, 2.75) is 19.6 Å². The van der Waals surface area contributed by atoms with E-state index in [1.165, 1.54) is 30.3 Å². The molecule has 2 heterocycles. The fraction of sp³-hybridized carbons (Fsp3) is 0.156. The summed E-state index contributed by atoms with van der Waals surface area (Å²) in [5.74, 6) is -1.79. The first-order valence-electron chi connectivity index (χ1n) is 13.0. The van der Waals surface area contributed by atoms with E-state index >= 15 is 4.39 Å². The molecule has 0 saturated heterocycles. The number of pyridine rings is 1. The molecular weight excluding hydrogens is 556 g/mol. The Balaban J connectivity index is 1.44. The summed E-state index contributed by atoms with van der Waals surface area (Å²) in [6.45, 7) is 0.546. The predicted molar refractivity (Wildman–Crippen MR) is 151 cm³/mol. The van der Waals surface area contributed by atoms with Crippen LogP contribution in [0.1, 0.15) is 38.4 Å². The molecule has 5 aromatic rings. The van der Waals surface area contributed by atoms with Gasteiger partial charge in [-0.15, -0.1) is 0 Å². The van der Waals surface area contributed by atoms with Crippen LogP contribution in [0.2, 0.25) is 0 Å². The zero-order valence-corrected chi connectivity index (χ0v) is 22.8. The highest BCUT2D eigenvalue weighted by Gasteiger charge is 2.20. The van der Waals surface area contributed by atoms with Crippen LogP contribution in [0.4, 0.5) is 8.78 Å². The molecule has 11 heteroatoms. The number of nitriles is 2. The Bertz CT molecular complexity index is 1940. The Labute approximate surface area is 244 Å². The first kappa shape index (κ1) is 28.9. The Morgan fingerprint density at radius 2 is 1.81 bits per heavy atom. The van der Waals surface area contributed by atoms with E-state index in [2.05, 4.69) is 9.97 Å². The summed E-state index contributed by atoms with van der Waals surface area (Å²) >= 11 is 0. The number of methoxy groups -OCH3 is 1. The highest BCUT2D eigenvalue weighted by atomic mass is 19.1. The summed E-state index contributed by atoms with van der Waals surface area (Å²) in [6.07, 6.45) is 0.105. The van der Waals surface area contributed by atoms with Crippen molar-refractivity contribution in [2.75, 3.05) is 13.7 Å². The van der Waals surface area contributed by atoms with Crippen LogP contribution >= 0.6 is 0 Å². The molecule has 0 fully saturated rings. The van der Waals surface area contributed by atoms with E-state index in [1.54, 1.807) is 42.0 Å². The Morgan fingerprint density at radius 3 is 2.53 bits per heavy atom. The number of imidazole rings is 1. The van der Waals surface area contributed by atoms with Gasteiger partial charge in [-0.25, -0.2) is 23.5 Å². The van der Waals surface area contributed by atoms with Crippen molar-refractivity contribution < 1.29 is 28.2 Å². The minimum Gasteiger partial charge on any atom is -0.478 e. The van der Waals surface area contributed by atoms with E-state index in [4.69, 9.17) is 14.7 Å². The van der Waals surface area contributed by atoms with E-state index in [0.717, 1.165) is 6.07 Å². The van der Waals surface area contributed by atoms with Gasteiger partial charge in [-0.3, -0.25) is 0 Å². The normalized spacial score (nSPS) is 10.8. The van der Waals surface area contributed by atoms with Gasteiger partial charge in [-0.1, -0.05) is 18.2 Å². The number of rotatable bonds is 10.